The fraction of sp³-hybridized carbons (Fsp3) is 0.0769. The number of nitrogens with zero attached hydrogens (tertiary/aromatic N) is 1. The molecule has 1 heterocycles. The molecule has 1 aromatic heterocycles. The highest BCUT2D eigenvalue weighted by Crippen LogP contribution is 2.21. The number of halogens is 1. The Morgan fingerprint density at radius 2 is 1.95 bits per heavy atom. The fourth-order valence-corrected chi connectivity index (χ4v) is 2.39. The maximum Gasteiger partial charge on any atom is 0.271 e. The molecule has 0 spiro atoms. The van der Waals surface area contributed by atoms with Gasteiger partial charge < -0.3 is 5.73 Å². The van der Waals surface area contributed by atoms with Gasteiger partial charge in [0.05, 0.1) is 14.9 Å². The van der Waals surface area contributed by atoms with Gasteiger partial charge in [-0.1, -0.05) is 11.6 Å². The van der Waals surface area contributed by atoms with Gasteiger partial charge in [0, 0.05) is 11.3 Å². The molecule has 0 aliphatic carbocycles. The lowest BCUT2D eigenvalue weighted by Crippen LogP contribution is -2.19. The van der Waals surface area contributed by atoms with Crippen molar-refractivity contribution >= 4 is 40.2 Å². The summed E-state index contributed by atoms with van der Waals surface area (Å²) in [6, 6.07) is 10.3. The van der Waals surface area contributed by atoms with Crippen LogP contribution in [-0.4, -0.2) is 11.6 Å². The van der Waals surface area contributed by atoms with Gasteiger partial charge in [-0.25, -0.2) is 5.43 Å². The van der Waals surface area contributed by atoms with Gasteiger partial charge in [-0.15, -0.1) is 11.3 Å². The van der Waals surface area contributed by atoms with Crippen LogP contribution in [0.15, 0.2) is 41.5 Å². The topological polar surface area (TPSA) is 67.5 Å². The van der Waals surface area contributed by atoms with E-state index in [4.69, 9.17) is 17.3 Å². The number of hydrogen-bond donors (Lipinski definition) is 2. The molecular weight excluding hydrogens is 282 g/mol. The maximum atomic E-state index is 11.8. The molecule has 0 saturated heterocycles. The third-order valence-corrected chi connectivity index (χ3v) is 3.77. The van der Waals surface area contributed by atoms with E-state index in [1.807, 2.05) is 13.0 Å². The van der Waals surface area contributed by atoms with Gasteiger partial charge in [0.1, 0.15) is 0 Å². The molecule has 0 atom stereocenters. The Balaban J connectivity index is 2.05. The monoisotopic (exact) mass is 293 g/mol. The van der Waals surface area contributed by atoms with E-state index in [1.54, 1.807) is 30.3 Å². The van der Waals surface area contributed by atoms with Crippen LogP contribution in [0.4, 0.5) is 5.69 Å². The Bertz CT molecular complexity index is 619. The van der Waals surface area contributed by atoms with Crippen LogP contribution in [0.3, 0.4) is 0 Å². The van der Waals surface area contributed by atoms with Crippen LogP contribution in [0.25, 0.3) is 0 Å². The minimum atomic E-state index is -0.276. The van der Waals surface area contributed by atoms with E-state index < -0.39 is 0 Å². The normalized spacial score (nSPS) is 11.4. The van der Waals surface area contributed by atoms with Gasteiger partial charge in [0.15, 0.2) is 0 Å². The Kier molecular flexibility index (Phi) is 4.19. The molecule has 1 aromatic carbocycles. The van der Waals surface area contributed by atoms with Crippen molar-refractivity contribution in [1.29, 1.82) is 0 Å². The summed E-state index contributed by atoms with van der Waals surface area (Å²) in [4.78, 5) is 12.7. The first kappa shape index (κ1) is 13.6. The summed E-state index contributed by atoms with van der Waals surface area (Å²) in [6.07, 6.45) is 0. The van der Waals surface area contributed by atoms with E-state index in [2.05, 4.69) is 10.5 Å². The summed E-state index contributed by atoms with van der Waals surface area (Å²) in [6.45, 7) is 1.81. The second-order valence-corrected chi connectivity index (χ2v) is 5.58. The first-order chi connectivity index (χ1) is 9.06. The van der Waals surface area contributed by atoms with Crippen LogP contribution in [-0.2, 0) is 0 Å². The largest absolute Gasteiger partial charge is 0.399 e. The number of hydrazone groups is 1. The second-order valence-electron chi connectivity index (χ2n) is 3.86. The summed E-state index contributed by atoms with van der Waals surface area (Å²) in [5.41, 5.74) is 9.89. The predicted molar refractivity (Wildman–Crippen MR) is 79.9 cm³/mol. The van der Waals surface area contributed by atoms with Gasteiger partial charge >= 0.3 is 0 Å². The Morgan fingerprint density at radius 1 is 1.26 bits per heavy atom. The molecule has 1 amide bonds. The first-order valence-corrected chi connectivity index (χ1v) is 6.71. The highest BCUT2D eigenvalue weighted by atomic mass is 35.5. The number of amides is 1. The zero-order valence-corrected chi connectivity index (χ0v) is 11.8. The Morgan fingerprint density at radius 3 is 2.53 bits per heavy atom. The van der Waals surface area contributed by atoms with Crippen molar-refractivity contribution in [1.82, 2.24) is 5.43 Å². The number of thiophene rings is 1. The van der Waals surface area contributed by atoms with Crippen LogP contribution in [0.2, 0.25) is 4.34 Å². The number of anilines is 1. The standard InChI is InChI=1S/C13H12ClN3OS/c1-8(11-6-7-12(14)19-11)16-17-13(18)9-2-4-10(15)5-3-9/h2-7H,15H2,1H3,(H,17,18)/b16-8-. The van der Waals surface area contributed by atoms with Crippen molar-refractivity contribution < 1.29 is 4.79 Å². The van der Waals surface area contributed by atoms with Crippen molar-refractivity contribution in [2.75, 3.05) is 5.73 Å². The highest BCUT2D eigenvalue weighted by molar-refractivity contribution is 7.18. The second kappa shape index (κ2) is 5.86. The summed E-state index contributed by atoms with van der Waals surface area (Å²) in [5.74, 6) is -0.276. The fourth-order valence-electron chi connectivity index (χ4n) is 1.40. The van der Waals surface area contributed by atoms with Crippen molar-refractivity contribution in [3.63, 3.8) is 0 Å². The van der Waals surface area contributed by atoms with Gasteiger partial charge in [0.25, 0.3) is 5.91 Å². The summed E-state index contributed by atoms with van der Waals surface area (Å²) < 4.78 is 0.689. The van der Waals surface area contributed by atoms with Crippen molar-refractivity contribution in [2.24, 2.45) is 5.10 Å². The van der Waals surface area contributed by atoms with Crippen LogP contribution in [0, 0.1) is 0 Å². The van der Waals surface area contributed by atoms with Crippen molar-refractivity contribution in [3.8, 4) is 0 Å². The zero-order valence-electron chi connectivity index (χ0n) is 10.2. The molecule has 2 aromatic rings. The molecule has 19 heavy (non-hydrogen) atoms. The third-order valence-electron chi connectivity index (χ3n) is 2.43. The molecule has 0 radical (unpaired) electrons. The van der Waals surface area contributed by atoms with Crippen LogP contribution >= 0.6 is 22.9 Å². The number of carbonyl (C=O) groups excluding carboxylic acids is 1. The number of hydrogen-bond acceptors (Lipinski definition) is 4. The minimum absolute atomic E-state index is 0.276. The van der Waals surface area contributed by atoms with Crippen molar-refractivity contribution in [3.05, 3.63) is 51.2 Å². The molecule has 0 fully saturated rings. The molecule has 0 aliphatic rings. The average Bonchev–Trinajstić information content (AvgIpc) is 2.83. The molecule has 98 valence electrons. The number of benzene rings is 1. The van der Waals surface area contributed by atoms with Gasteiger partial charge in [-0.05, 0) is 43.3 Å². The molecule has 0 aliphatic heterocycles. The van der Waals surface area contributed by atoms with E-state index in [0.29, 0.717) is 21.3 Å². The molecule has 0 saturated carbocycles. The van der Waals surface area contributed by atoms with E-state index in [9.17, 15) is 4.79 Å². The van der Waals surface area contributed by atoms with Crippen LogP contribution in [0.1, 0.15) is 22.2 Å². The smallest absolute Gasteiger partial charge is 0.271 e. The molecule has 0 unspecified atom stereocenters. The lowest BCUT2D eigenvalue weighted by Gasteiger charge is -2.01. The van der Waals surface area contributed by atoms with Gasteiger partial charge in [0.2, 0.25) is 0 Å². The summed E-state index contributed by atoms with van der Waals surface area (Å²) in [5, 5.41) is 4.04. The minimum Gasteiger partial charge on any atom is -0.399 e. The molecule has 3 N–H and O–H groups in total. The van der Waals surface area contributed by atoms with E-state index in [0.717, 1.165) is 4.88 Å². The average molecular weight is 294 g/mol. The zero-order chi connectivity index (χ0) is 13.8. The molecule has 0 bridgehead atoms. The lowest BCUT2D eigenvalue weighted by molar-refractivity contribution is 0.0955. The van der Waals surface area contributed by atoms with Crippen LogP contribution in [0.5, 0.6) is 0 Å². The first-order valence-electron chi connectivity index (χ1n) is 5.52. The Hall–Kier alpha value is -1.85. The SMILES string of the molecule is C/C(=N/NC(=O)c1ccc(N)cc1)c1ccc(Cl)s1. The lowest BCUT2D eigenvalue weighted by atomic mass is 10.2. The summed E-state index contributed by atoms with van der Waals surface area (Å²) in [7, 11) is 0. The van der Waals surface area contributed by atoms with E-state index in [1.165, 1.54) is 11.3 Å². The highest BCUT2D eigenvalue weighted by Gasteiger charge is 2.05. The number of rotatable bonds is 3. The molecule has 2 rings (SSSR count). The van der Waals surface area contributed by atoms with Crippen molar-refractivity contribution in [2.45, 2.75) is 6.92 Å². The van der Waals surface area contributed by atoms with Gasteiger partial charge in [-0.2, -0.15) is 5.10 Å². The molecule has 4 nitrogen and oxygen atoms in total. The van der Waals surface area contributed by atoms with E-state index in [-0.39, 0.29) is 5.91 Å². The van der Waals surface area contributed by atoms with Crippen LogP contribution < -0.4 is 11.2 Å². The third kappa shape index (κ3) is 3.56. The maximum absolute atomic E-state index is 11.8. The van der Waals surface area contributed by atoms with Gasteiger partial charge in [-0.3, -0.25) is 4.79 Å². The predicted octanol–water partition coefficient (Wildman–Crippen LogP) is 3.14. The number of carbonyl (C=O) groups is 1. The van der Waals surface area contributed by atoms with E-state index >= 15 is 0 Å². The number of nitrogens with one attached hydrogen (secondary N) is 1. The Labute approximate surface area is 119 Å². The number of nitrogen functional groups attached to an aromatic ring is 1. The molecule has 6 heteroatoms. The summed E-state index contributed by atoms with van der Waals surface area (Å²) >= 11 is 7.25. The quantitative estimate of drug-likeness (QED) is 0.518. The molecular formula is C13H12ClN3OS. The number of nitrogens with two attached hydrogens (primary N) is 1.